The summed E-state index contributed by atoms with van der Waals surface area (Å²) in [5.74, 6) is 1.44. The number of nitrogen functional groups attached to an aromatic ring is 1. The Morgan fingerprint density at radius 2 is 1.76 bits per heavy atom. The monoisotopic (exact) mass is 349 g/mol. The van der Waals surface area contributed by atoms with E-state index in [-0.39, 0.29) is 0 Å². The van der Waals surface area contributed by atoms with Crippen molar-refractivity contribution >= 4 is 17.0 Å². The molecule has 4 nitrogen and oxygen atoms in total. The van der Waals surface area contributed by atoms with Crippen molar-refractivity contribution in [1.82, 2.24) is 9.55 Å². The number of hydrogen-bond donors (Lipinski definition) is 1. The van der Waals surface area contributed by atoms with Crippen molar-refractivity contribution in [2.75, 3.05) is 18.9 Å². The van der Waals surface area contributed by atoms with E-state index in [0.29, 0.717) is 5.95 Å². The molecule has 1 aromatic carbocycles. The van der Waals surface area contributed by atoms with Crippen molar-refractivity contribution in [1.29, 1.82) is 0 Å². The molecule has 2 aromatic rings. The molecule has 0 amide bonds. The molecule has 1 atom stereocenters. The van der Waals surface area contributed by atoms with Gasteiger partial charge in [-0.15, -0.1) is 0 Å². The van der Waals surface area contributed by atoms with Gasteiger partial charge in [-0.05, 0) is 37.3 Å². The third-order valence-electron chi connectivity index (χ3n) is 3.93. The van der Waals surface area contributed by atoms with Crippen LogP contribution in [-0.4, -0.2) is 22.8 Å². The van der Waals surface area contributed by atoms with Gasteiger partial charge in [0.2, 0.25) is 5.95 Å². The Balaban J connectivity index is 0.000000434. The fourth-order valence-corrected chi connectivity index (χ4v) is 2.29. The third-order valence-corrected chi connectivity index (χ3v) is 3.93. The first kappa shape index (κ1) is 23.4. The van der Waals surface area contributed by atoms with E-state index >= 15 is 0 Å². The van der Waals surface area contributed by atoms with Crippen molar-refractivity contribution in [2.24, 2.45) is 5.92 Å². The van der Waals surface area contributed by atoms with Gasteiger partial charge in [-0.1, -0.05) is 60.1 Å². The lowest BCUT2D eigenvalue weighted by molar-refractivity contribution is 0.122. The van der Waals surface area contributed by atoms with Gasteiger partial charge < -0.3 is 15.0 Å². The SMILES string of the molecule is CC.CCCOCCC(C)CC.CCCn1c(N)nc2ccccc21. The van der Waals surface area contributed by atoms with E-state index in [1.165, 1.54) is 12.8 Å². The average Bonchev–Trinajstić information content (AvgIpc) is 2.97. The zero-order valence-corrected chi connectivity index (χ0v) is 17.2. The fourth-order valence-electron chi connectivity index (χ4n) is 2.29. The molecule has 1 heterocycles. The van der Waals surface area contributed by atoms with Gasteiger partial charge in [-0.3, -0.25) is 0 Å². The summed E-state index contributed by atoms with van der Waals surface area (Å²) in [6, 6.07) is 8.02. The molecule has 0 saturated heterocycles. The summed E-state index contributed by atoms with van der Waals surface area (Å²) in [5.41, 5.74) is 7.90. The van der Waals surface area contributed by atoms with Crippen molar-refractivity contribution in [2.45, 2.75) is 73.8 Å². The molecule has 0 saturated carbocycles. The molecule has 2 rings (SSSR count). The summed E-state index contributed by atoms with van der Waals surface area (Å²) < 4.78 is 7.41. The summed E-state index contributed by atoms with van der Waals surface area (Å²) in [6.45, 7) is 15.6. The maximum absolute atomic E-state index is 5.79. The fraction of sp³-hybridized carbons (Fsp3) is 0.667. The molecule has 144 valence electrons. The number of aryl methyl sites for hydroxylation is 1. The molecule has 0 aliphatic carbocycles. The van der Waals surface area contributed by atoms with E-state index in [9.17, 15) is 0 Å². The predicted molar refractivity (Wildman–Crippen MR) is 111 cm³/mol. The maximum atomic E-state index is 5.79. The molecular formula is C21H39N3O. The van der Waals surface area contributed by atoms with Crippen LogP contribution in [0, 0.1) is 5.92 Å². The average molecular weight is 350 g/mol. The van der Waals surface area contributed by atoms with Gasteiger partial charge in [0.1, 0.15) is 0 Å². The van der Waals surface area contributed by atoms with Crippen molar-refractivity contribution in [3.05, 3.63) is 24.3 Å². The van der Waals surface area contributed by atoms with Gasteiger partial charge in [0.25, 0.3) is 0 Å². The number of benzene rings is 1. The smallest absolute Gasteiger partial charge is 0.201 e. The van der Waals surface area contributed by atoms with Crippen LogP contribution in [0.15, 0.2) is 24.3 Å². The molecule has 0 bridgehead atoms. The normalized spacial score (nSPS) is 11.3. The Bertz CT molecular complexity index is 551. The number of hydrogen-bond acceptors (Lipinski definition) is 3. The minimum atomic E-state index is 0.614. The highest BCUT2D eigenvalue weighted by Crippen LogP contribution is 2.17. The van der Waals surface area contributed by atoms with Crippen LogP contribution < -0.4 is 5.73 Å². The van der Waals surface area contributed by atoms with E-state index in [1.807, 2.05) is 38.1 Å². The number of fused-ring (bicyclic) bond motifs is 1. The maximum Gasteiger partial charge on any atom is 0.201 e. The Morgan fingerprint density at radius 3 is 2.36 bits per heavy atom. The Labute approximate surface area is 154 Å². The van der Waals surface area contributed by atoms with Gasteiger partial charge in [0.05, 0.1) is 11.0 Å². The highest BCUT2D eigenvalue weighted by atomic mass is 16.5. The first-order valence-corrected chi connectivity index (χ1v) is 9.92. The standard InChI is InChI=1S/C10H13N3.C9H20O.C2H6/c1-2-7-13-9-6-4-3-5-8(9)12-10(13)11;1-4-7-10-8-6-9(3)5-2;1-2/h3-6H,2,7H2,1H3,(H2,11,12);9H,4-8H2,1-3H3;1-2H3. The summed E-state index contributed by atoms with van der Waals surface area (Å²) in [7, 11) is 0. The number of ether oxygens (including phenoxy) is 1. The summed E-state index contributed by atoms with van der Waals surface area (Å²) in [4.78, 5) is 4.27. The highest BCUT2D eigenvalue weighted by molar-refractivity contribution is 5.78. The second-order valence-electron chi connectivity index (χ2n) is 6.02. The van der Waals surface area contributed by atoms with Crippen LogP contribution >= 0.6 is 0 Å². The minimum Gasteiger partial charge on any atom is -0.381 e. The number of aromatic nitrogens is 2. The van der Waals surface area contributed by atoms with Crippen molar-refractivity contribution < 1.29 is 4.74 Å². The quantitative estimate of drug-likeness (QED) is 0.603. The second kappa shape index (κ2) is 14.8. The molecule has 0 radical (unpaired) electrons. The van der Waals surface area contributed by atoms with Crippen molar-refractivity contribution in [3.8, 4) is 0 Å². The summed E-state index contributed by atoms with van der Waals surface area (Å²) in [6.07, 6.45) is 4.71. The lowest BCUT2D eigenvalue weighted by Crippen LogP contribution is -2.02. The van der Waals surface area contributed by atoms with E-state index < -0.39 is 0 Å². The first-order valence-electron chi connectivity index (χ1n) is 9.92. The minimum absolute atomic E-state index is 0.614. The number of imidazole rings is 1. The molecule has 1 unspecified atom stereocenters. The molecule has 25 heavy (non-hydrogen) atoms. The Kier molecular flexibility index (Phi) is 13.8. The molecule has 0 fully saturated rings. The third kappa shape index (κ3) is 8.92. The Hall–Kier alpha value is -1.55. The molecule has 0 aliphatic rings. The highest BCUT2D eigenvalue weighted by Gasteiger charge is 2.04. The van der Waals surface area contributed by atoms with Crippen LogP contribution in [0.3, 0.4) is 0 Å². The first-order chi connectivity index (χ1) is 12.1. The van der Waals surface area contributed by atoms with Gasteiger partial charge >= 0.3 is 0 Å². The van der Waals surface area contributed by atoms with Gasteiger partial charge in [-0.2, -0.15) is 0 Å². The largest absolute Gasteiger partial charge is 0.381 e. The van der Waals surface area contributed by atoms with E-state index in [1.54, 1.807) is 0 Å². The van der Waals surface area contributed by atoms with E-state index in [4.69, 9.17) is 10.5 Å². The number of nitrogens with two attached hydrogens (primary N) is 1. The van der Waals surface area contributed by atoms with Crippen LogP contribution in [0.2, 0.25) is 0 Å². The van der Waals surface area contributed by atoms with Crippen LogP contribution in [0.1, 0.15) is 67.2 Å². The predicted octanol–water partition coefficient (Wildman–Crippen LogP) is 5.90. The number of nitrogens with zero attached hydrogens (tertiary/aromatic N) is 2. The topological polar surface area (TPSA) is 53.1 Å². The number of para-hydroxylation sites is 2. The Morgan fingerprint density at radius 1 is 1.08 bits per heavy atom. The van der Waals surface area contributed by atoms with Gasteiger partial charge in [0, 0.05) is 19.8 Å². The lowest BCUT2D eigenvalue weighted by Gasteiger charge is -2.07. The van der Waals surface area contributed by atoms with Gasteiger partial charge in [0.15, 0.2) is 0 Å². The van der Waals surface area contributed by atoms with Crippen LogP contribution in [-0.2, 0) is 11.3 Å². The van der Waals surface area contributed by atoms with Crippen LogP contribution in [0.5, 0.6) is 0 Å². The zero-order valence-electron chi connectivity index (χ0n) is 17.2. The summed E-state index contributed by atoms with van der Waals surface area (Å²) in [5, 5.41) is 0. The molecular weight excluding hydrogens is 310 g/mol. The molecule has 1 aromatic heterocycles. The second-order valence-corrected chi connectivity index (χ2v) is 6.02. The molecule has 0 spiro atoms. The van der Waals surface area contributed by atoms with Gasteiger partial charge in [-0.25, -0.2) is 4.98 Å². The van der Waals surface area contributed by atoms with E-state index in [0.717, 1.165) is 49.6 Å². The van der Waals surface area contributed by atoms with Crippen LogP contribution in [0.25, 0.3) is 11.0 Å². The molecule has 2 N–H and O–H groups in total. The lowest BCUT2D eigenvalue weighted by atomic mass is 10.1. The number of anilines is 1. The summed E-state index contributed by atoms with van der Waals surface area (Å²) >= 11 is 0. The van der Waals surface area contributed by atoms with Crippen LogP contribution in [0.4, 0.5) is 5.95 Å². The molecule has 0 aliphatic heterocycles. The molecule has 4 heteroatoms. The number of rotatable bonds is 8. The zero-order chi connectivity index (χ0) is 19.1. The van der Waals surface area contributed by atoms with E-state index in [2.05, 4.69) is 37.2 Å². The van der Waals surface area contributed by atoms with Crippen molar-refractivity contribution in [3.63, 3.8) is 0 Å².